The van der Waals surface area contributed by atoms with Crippen LogP contribution in [-0.2, 0) is 16.1 Å². The first-order valence-corrected chi connectivity index (χ1v) is 10.5. The van der Waals surface area contributed by atoms with Crippen LogP contribution in [0.4, 0.5) is 5.69 Å². The molecule has 1 N–H and O–H groups in total. The number of hydrogen-bond acceptors (Lipinski definition) is 4. The second kappa shape index (κ2) is 11.3. The van der Waals surface area contributed by atoms with Gasteiger partial charge in [-0.25, -0.2) is 4.79 Å². The number of halogens is 1. The second-order valence-corrected chi connectivity index (χ2v) is 7.45. The Balaban J connectivity index is 1.60. The Morgan fingerprint density at radius 2 is 1.70 bits per heavy atom. The third-order valence-corrected chi connectivity index (χ3v) is 4.83. The quantitative estimate of drug-likeness (QED) is 0.362. The van der Waals surface area contributed by atoms with Crippen LogP contribution in [-0.4, -0.2) is 12.0 Å². The third-order valence-electron chi connectivity index (χ3n) is 4.57. The largest absolute Gasteiger partial charge is 0.459 e. The zero-order valence-electron chi connectivity index (χ0n) is 17.0. The maximum absolute atomic E-state index is 12.7. The minimum Gasteiger partial charge on any atom is -0.459 e. The van der Waals surface area contributed by atoms with Gasteiger partial charge >= 0.3 is 5.97 Å². The minimum absolute atomic E-state index is 0.190. The molecule has 0 bridgehead atoms. The number of hydrogen-bond donors (Lipinski definition) is 1. The van der Waals surface area contributed by atoms with Gasteiger partial charge in [0, 0.05) is 10.7 Å². The van der Waals surface area contributed by atoms with Gasteiger partial charge in [-0.3, -0.25) is 0 Å². The fourth-order valence-corrected chi connectivity index (χ4v) is 3.11. The Kier molecular flexibility index (Phi) is 8.16. The van der Waals surface area contributed by atoms with Crippen molar-refractivity contribution in [3.05, 3.63) is 89.4 Å². The molecule has 1 atom stereocenters. The fourth-order valence-electron chi connectivity index (χ4n) is 2.98. The van der Waals surface area contributed by atoms with E-state index in [1.165, 1.54) is 0 Å². The van der Waals surface area contributed by atoms with Crippen molar-refractivity contribution in [3.63, 3.8) is 0 Å². The van der Waals surface area contributed by atoms with Crippen molar-refractivity contribution in [2.75, 3.05) is 5.32 Å². The molecule has 0 radical (unpaired) electrons. The predicted octanol–water partition coefficient (Wildman–Crippen LogP) is 6.85. The summed E-state index contributed by atoms with van der Waals surface area (Å²) in [6.45, 7) is 2.29. The molecule has 0 aliphatic rings. The monoisotopic (exact) mass is 423 g/mol. The van der Waals surface area contributed by atoms with Gasteiger partial charge in [0.25, 0.3) is 0 Å². The standard InChI is InChI=1S/C25H26ClNO3/c1-2-3-12-24(27-21-15-13-20(26)14-16-21)25(28)29-18-19-8-7-11-23(17-19)30-22-9-5-4-6-10-22/h4-11,13-17,24,27H,2-3,12,18H2,1H3. The summed E-state index contributed by atoms with van der Waals surface area (Å²) in [6, 6.07) is 24.0. The Morgan fingerprint density at radius 3 is 2.43 bits per heavy atom. The van der Waals surface area contributed by atoms with Crippen molar-refractivity contribution in [1.82, 2.24) is 0 Å². The number of carbonyl (C=O) groups excluding carboxylic acids is 1. The first-order valence-electron chi connectivity index (χ1n) is 10.1. The predicted molar refractivity (Wildman–Crippen MR) is 121 cm³/mol. The van der Waals surface area contributed by atoms with Gasteiger partial charge in [0.2, 0.25) is 0 Å². The number of nitrogens with one attached hydrogen (secondary N) is 1. The molecular weight excluding hydrogens is 398 g/mol. The van der Waals surface area contributed by atoms with E-state index in [1.807, 2.05) is 66.7 Å². The molecule has 156 valence electrons. The highest BCUT2D eigenvalue weighted by Gasteiger charge is 2.19. The Morgan fingerprint density at radius 1 is 0.967 bits per heavy atom. The zero-order valence-corrected chi connectivity index (χ0v) is 17.8. The van der Waals surface area contributed by atoms with E-state index in [-0.39, 0.29) is 12.6 Å². The molecule has 5 heteroatoms. The highest BCUT2D eigenvalue weighted by Crippen LogP contribution is 2.22. The molecule has 3 aromatic rings. The van der Waals surface area contributed by atoms with Gasteiger partial charge in [0.1, 0.15) is 24.1 Å². The number of carbonyl (C=O) groups is 1. The molecule has 0 fully saturated rings. The van der Waals surface area contributed by atoms with E-state index < -0.39 is 6.04 Å². The Hall–Kier alpha value is -2.98. The number of rotatable bonds is 10. The fraction of sp³-hybridized carbons (Fsp3) is 0.240. The lowest BCUT2D eigenvalue weighted by Crippen LogP contribution is -2.31. The molecule has 0 aromatic heterocycles. The average Bonchev–Trinajstić information content (AvgIpc) is 2.77. The number of esters is 1. The van der Waals surface area contributed by atoms with Crippen molar-refractivity contribution < 1.29 is 14.3 Å². The van der Waals surface area contributed by atoms with Crippen LogP contribution in [0.5, 0.6) is 11.5 Å². The molecule has 0 heterocycles. The summed E-state index contributed by atoms with van der Waals surface area (Å²) in [5, 5.41) is 3.92. The maximum atomic E-state index is 12.7. The SMILES string of the molecule is CCCCC(Nc1ccc(Cl)cc1)C(=O)OCc1cccc(Oc2ccccc2)c1. The molecule has 3 rings (SSSR count). The maximum Gasteiger partial charge on any atom is 0.328 e. The molecular formula is C25H26ClNO3. The molecule has 1 unspecified atom stereocenters. The van der Waals surface area contributed by atoms with Crippen LogP contribution in [0.3, 0.4) is 0 Å². The van der Waals surface area contributed by atoms with Gasteiger partial charge in [-0.15, -0.1) is 0 Å². The van der Waals surface area contributed by atoms with E-state index in [2.05, 4.69) is 12.2 Å². The van der Waals surface area contributed by atoms with Gasteiger partial charge in [0.05, 0.1) is 0 Å². The number of benzene rings is 3. The molecule has 3 aromatic carbocycles. The van der Waals surface area contributed by atoms with Gasteiger partial charge in [-0.05, 0) is 60.5 Å². The number of anilines is 1. The molecule has 0 amide bonds. The lowest BCUT2D eigenvalue weighted by Gasteiger charge is -2.19. The summed E-state index contributed by atoms with van der Waals surface area (Å²) in [4.78, 5) is 12.7. The molecule has 4 nitrogen and oxygen atoms in total. The average molecular weight is 424 g/mol. The van der Waals surface area contributed by atoms with Crippen LogP contribution >= 0.6 is 11.6 Å². The van der Waals surface area contributed by atoms with Crippen molar-refractivity contribution >= 4 is 23.3 Å². The summed E-state index contributed by atoms with van der Waals surface area (Å²) < 4.78 is 11.5. The second-order valence-electron chi connectivity index (χ2n) is 7.02. The van der Waals surface area contributed by atoms with E-state index >= 15 is 0 Å². The minimum atomic E-state index is -0.408. The molecule has 0 aliphatic heterocycles. The normalized spacial score (nSPS) is 11.5. The summed E-state index contributed by atoms with van der Waals surface area (Å²) in [5.41, 5.74) is 1.72. The van der Waals surface area contributed by atoms with E-state index in [0.717, 1.165) is 29.8 Å². The van der Waals surface area contributed by atoms with Crippen molar-refractivity contribution in [2.24, 2.45) is 0 Å². The van der Waals surface area contributed by atoms with Crippen molar-refractivity contribution in [2.45, 2.75) is 38.8 Å². The Labute approximate surface area is 182 Å². The van der Waals surface area contributed by atoms with Crippen LogP contribution in [0.2, 0.25) is 5.02 Å². The van der Waals surface area contributed by atoms with Crippen molar-refractivity contribution in [1.29, 1.82) is 0 Å². The molecule has 0 saturated heterocycles. The third kappa shape index (κ3) is 6.82. The first-order chi connectivity index (χ1) is 14.6. The summed E-state index contributed by atoms with van der Waals surface area (Å²) in [6.07, 6.45) is 2.64. The van der Waals surface area contributed by atoms with Gasteiger partial charge < -0.3 is 14.8 Å². The topological polar surface area (TPSA) is 47.6 Å². The molecule has 30 heavy (non-hydrogen) atoms. The van der Waals surface area contributed by atoms with Crippen LogP contribution in [0.15, 0.2) is 78.9 Å². The van der Waals surface area contributed by atoms with Crippen LogP contribution in [0.25, 0.3) is 0 Å². The van der Waals surface area contributed by atoms with E-state index in [9.17, 15) is 4.79 Å². The number of ether oxygens (including phenoxy) is 2. The van der Waals surface area contributed by atoms with Crippen LogP contribution < -0.4 is 10.1 Å². The highest BCUT2D eigenvalue weighted by molar-refractivity contribution is 6.30. The van der Waals surface area contributed by atoms with Gasteiger partial charge in [0.15, 0.2) is 0 Å². The van der Waals surface area contributed by atoms with E-state index in [1.54, 1.807) is 12.1 Å². The van der Waals surface area contributed by atoms with E-state index in [4.69, 9.17) is 21.1 Å². The first kappa shape index (κ1) is 21.7. The van der Waals surface area contributed by atoms with Crippen LogP contribution in [0.1, 0.15) is 31.7 Å². The molecule has 0 saturated carbocycles. The molecule has 0 aliphatic carbocycles. The molecule has 0 spiro atoms. The zero-order chi connectivity index (χ0) is 21.2. The summed E-state index contributed by atoms with van der Waals surface area (Å²) in [5.74, 6) is 1.20. The summed E-state index contributed by atoms with van der Waals surface area (Å²) in [7, 11) is 0. The van der Waals surface area contributed by atoms with Crippen molar-refractivity contribution in [3.8, 4) is 11.5 Å². The van der Waals surface area contributed by atoms with Gasteiger partial charge in [-0.2, -0.15) is 0 Å². The van der Waals surface area contributed by atoms with Gasteiger partial charge in [-0.1, -0.05) is 61.7 Å². The smallest absolute Gasteiger partial charge is 0.328 e. The number of para-hydroxylation sites is 1. The van der Waals surface area contributed by atoms with E-state index in [0.29, 0.717) is 17.2 Å². The highest BCUT2D eigenvalue weighted by atomic mass is 35.5. The van der Waals surface area contributed by atoms with Crippen LogP contribution in [0, 0.1) is 0 Å². The summed E-state index contributed by atoms with van der Waals surface area (Å²) >= 11 is 5.95. The number of unbranched alkanes of at least 4 members (excludes halogenated alkanes) is 1. The lowest BCUT2D eigenvalue weighted by molar-refractivity contribution is -0.146. The lowest BCUT2D eigenvalue weighted by atomic mass is 10.1. The Bertz CT molecular complexity index is 929.